The van der Waals surface area contributed by atoms with Gasteiger partial charge in [0.1, 0.15) is 13.2 Å². The minimum absolute atomic E-state index is 0.189. The maximum atomic E-state index is 11.7. The Morgan fingerprint density at radius 2 is 1.84 bits per heavy atom. The Morgan fingerprint density at radius 3 is 2.37 bits per heavy atom. The van der Waals surface area contributed by atoms with Gasteiger partial charge in [-0.25, -0.2) is 0 Å². The van der Waals surface area contributed by atoms with Crippen LogP contribution in [0, 0.1) is 0 Å². The Bertz CT molecular complexity index is 319. The summed E-state index contributed by atoms with van der Waals surface area (Å²) in [6, 6.07) is 0. The molecule has 6 nitrogen and oxygen atoms in total. The number of methoxy groups -OCH3 is 1. The Labute approximate surface area is 116 Å². The van der Waals surface area contributed by atoms with Gasteiger partial charge in [-0.05, 0) is 6.92 Å². The fraction of sp³-hybridized carbons (Fsp3) is 0.917. The summed E-state index contributed by atoms with van der Waals surface area (Å²) in [7, 11) is 2.57. The summed E-state index contributed by atoms with van der Waals surface area (Å²) < 4.78 is 27.3. The molecule has 114 valence electrons. The van der Waals surface area contributed by atoms with Gasteiger partial charge < -0.3 is 18.3 Å². The van der Waals surface area contributed by atoms with Crippen molar-refractivity contribution in [2.24, 2.45) is 0 Å². The van der Waals surface area contributed by atoms with E-state index in [1.54, 1.807) is 6.92 Å². The van der Waals surface area contributed by atoms with Crippen LogP contribution in [-0.4, -0.2) is 64.6 Å². The smallest absolute Gasteiger partial charge is 0.327 e. The van der Waals surface area contributed by atoms with Crippen LogP contribution in [-0.2, 0) is 23.1 Å². The molecule has 0 fully saturated rings. The lowest BCUT2D eigenvalue weighted by molar-refractivity contribution is -0.890. The number of quaternary nitrogens is 1. The van der Waals surface area contributed by atoms with Crippen molar-refractivity contribution in [1.29, 1.82) is 0 Å². The second kappa shape index (κ2) is 8.69. The van der Waals surface area contributed by atoms with Crippen LogP contribution in [0.15, 0.2) is 0 Å². The topological polar surface area (TPSA) is 61.8 Å². The monoisotopic (exact) mass is 296 g/mol. The molecule has 0 aliphatic heterocycles. The second-order valence-corrected chi connectivity index (χ2v) is 7.14. The molecule has 7 heteroatoms. The summed E-state index contributed by atoms with van der Waals surface area (Å²) in [4.78, 5) is 11.0. The number of hydrogen-bond donors (Lipinski definition) is 0. The molecule has 0 amide bonds. The zero-order valence-electron chi connectivity index (χ0n) is 12.7. The van der Waals surface area contributed by atoms with E-state index in [-0.39, 0.29) is 5.97 Å². The standard InChI is InChI=1S/C12H27NO5P/c1-6-17-19(5,15)18-11-10-13(2,3)9-7-8-12(14)16-4/h6-11H2,1-5H3/q+1. The number of carbonyl (C=O) groups is 1. The first-order valence-corrected chi connectivity index (χ1v) is 8.47. The summed E-state index contributed by atoms with van der Waals surface area (Å²) in [5.74, 6) is -0.189. The van der Waals surface area contributed by atoms with E-state index in [1.807, 2.05) is 14.1 Å². The van der Waals surface area contributed by atoms with Crippen LogP contribution in [0.3, 0.4) is 0 Å². The van der Waals surface area contributed by atoms with Gasteiger partial charge in [0.05, 0.1) is 40.8 Å². The second-order valence-electron chi connectivity index (χ2n) is 5.08. The molecule has 0 heterocycles. The lowest BCUT2D eigenvalue weighted by Crippen LogP contribution is -2.43. The first-order chi connectivity index (χ1) is 8.72. The molecule has 1 unspecified atom stereocenters. The Hall–Kier alpha value is -0.420. The number of nitrogens with zero attached hydrogens (tertiary/aromatic N) is 1. The number of carbonyl (C=O) groups excluding carboxylic acids is 1. The Balaban J connectivity index is 3.90. The van der Waals surface area contributed by atoms with Gasteiger partial charge in [0.25, 0.3) is 0 Å². The van der Waals surface area contributed by atoms with Gasteiger partial charge in [-0.1, -0.05) is 0 Å². The maximum absolute atomic E-state index is 11.7. The van der Waals surface area contributed by atoms with Gasteiger partial charge in [0.2, 0.25) is 0 Å². The first kappa shape index (κ1) is 18.6. The van der Waals surface area contributed by atoms with Crippen LogP contribution in [0.5, 0.6) is 0 Å². The number of rotatable bonds is 10. The molecule has 0 aliphatic rings. The van der Waals surface area contributed by atoms with Crippen LogP contribution >= 0.6 is 7.60 Å². The van der Waals surface area contributed by atoms with Gasteiger partial charge in [-0.3, -0.25) is 9.36 Å². The van der Waals surface area contributed by atoms with Crippen LogP contribution < -0.4 is 0 Å². The van der Waals surface area contributed by atoms with Crippen molar-refractivity contribution in [3.05, 3.63) is 0 Å². The summed E-state index contributed by atoms with van der Waals surface area (Å²) in [6.07, 6.45) is 1.18. The molecule has 0 aromatic carbocycles. The third-order valence-corrected chi connectivity index (χ3v) is 4.14. The van der Waals surface area contributed by atoms with Gasteiger partial charge in [-0.2, -0.15) is 0 Å². The average Bonchev–Trinajstić information content (AvgIpc) is 2.27. The van der Waals surface area contributed by atoms with Crippen molar-refractivity contribution in [2.75, 3.05) is 54.2 Å². The molecular weight excluding hydrogens is 269 g/mol. The normalized spacial score (nSPS) is 15.0. The zero-order chi connectivity index (χ0) is 14.9. The number of likely N-dealkylation sites (N-methyl/N-ethyl adjacent to an activating group) is 1. The molecule has 0 saturated carbocycles. The summed E-state index contributed by atoms with van der Waals surface area (Å²) in [6.45, 7) is 5.57. The minimum atomic E-state index is -2.91. The number of hydrogen-bond acceptors (Lipinski definition) is 5. The van der Waals surface area contributed by atoms with Crippen molar-refractivity contribution >= 4 is 13.6 Å². The van der Waals surface area contributed by atoms with Crippen molar-refractivity contribution in [3.8, 4) is 0 Å². The van der Waals surface area contributed by atoms with Crippen molar-refractivity contribution in [1.82, 2.24) is 0 Å². The quantitative estimate of drug-likeness (QED) is 0.350. The van der Waals surface area contributed by atoms with E-state index in [0.717, 1.165) is 13.0 Å². The highest BCUT2D eigenvalue weighted by Gasteiger charge is 2.20. The van der Waals surface area contributed by atoms with Gasteiger partial charge in [0, 0.05) is 13.1 Å². The molecule has 0 radical (unpaired) electrons. The number of ether oxygens (including phenoxy) is 1. The lowest BCUT2D eigenvalue weighted by Gasteiger charge is -2.29. The van der Waals surface area contributed by atoms with E-state index in [9.17, 15) is 9.36 Å². The van der Waals surface area contributed by atoms with E-state index in [2.05, 4.69) is 4.74 Å². The summed E-state index contributed by atoms with van der Waals surface area (Å²) in [5, 5.41) is 0. The first-order valence-electron chi connectivity index (χ1n) is 6.48. The molecule has 0 aliphatic carbocycles. The molecule has 0 aromatic heterocycles. The zero-order valence-corrected chi connectivity index (χ0v) is 13.6. The van der Waals surface area contributed by atoms with Crippen LogP contribution in [0.25, 0.3) is 0 Å². The number of esters is 1. The molecule has 1 atom stereocenters. The fourth-order valence-electron chi connectivity index (χ4n) is 1.59. The highest BCUT2D eigenvalue weighted by atomic mass is 31.2. The SMILES string of the molecule is CCOP(C)(=O)OCC[N+](C)(C)CCCC(=O)OC. The van der Waals surface area contributed by atoms with Crippen LogP contribution in [0.1, 0.15) is 19.8 Å². The minimum Gasteiger partial charge on any atom is -0.469 e. The maximum Gasteiger partial charge on any atom is 0.327 e. The largest absolute Gasteiger partial charge is 0.469 e. The van der Waals surface area contributed by atoms with Crippen LogP contribution in [0.4, 0.5) is 0 Å². The average molecular weight is 296 g/mol. The van der Waals surface area contributed by atoms with Gasteiger partial charge in [-0.15, -0.1) is 0 Å². The van der Waals surface area contributed by atoms with Gasteiger partial charge >= 0.3 is 13.6 Å². The van der Waals surface area contributed by atoms with Crippen molar-refractivity contribution < 1.29 is 27.6 Å². The molecule has 0 rings (SSSR count). The highest BCUT2D eigenvalue weighted by Crippen LogP contribution is 2.43. The van der Waals surface area contributed by atoms with Crippen LogP contribution in [0.2, 0.25) is 0 Å². The van der Waals surface area contributed by atoms with Crippen molar-refractivity contribution in [3.63, 3.8) is 0 Å². The van der Waals surface area contributed by atoms with E-state index >= 15 is 0 Å². The molecular formula is C12H27NO5P+. The van der Waals surface area contributed by atoms with Gasteiger partial charge in [0.15, 0.2) is 0 Å². The molecule has 0 N–H and O–H groups in total. The fourth-order valence-corrected chi connectivity index (χ4v) is 2.55. The third-order valence-electron chi connectivity index (χ3n) is 2.76. The summed E-state index contributed by atoms with van der Waals surface area (Å²) >= 11 is 0. The molecule has 19 heavy (non-hydrogen) atoms. The molecule has 0 spiro atoms. The molecule has 0 bridgehead atoms. The van der Waals surface area contributed by atoms with E-state index in [0.29, 0.717) is 30.7 Å². The van der Waals surface area contributed by atoms with E-state index in [4.69, 9.17) is 9.05 Å². The third kappa shape index (κ3) is 10.1. The Morgan fingerprint density at radius 1 is 1.21 bits per heavy atom. The predicted octanol–water partition coefficient (Wildman–Crippen LogP) is 1.89. The lowest BCUT2D eigenvalue weighted by atomic mass is 10.2. The van der Waals surface area contributed by atoms with E-state index in [1.165, 1.54) is 13.8 Å². The molecule has 0 aromatic rings. The Kier molecular flexibility index (Phi) is 8.50. The predicted molar refractivity (Wildman–Crippen MR) is 74.2 cm³/mol. The summed E-state index contributed by atoms with van der Waals surface area (Å²) in [5.41, 5.74) is 0. The highest BCUT2D eigenvalue weighted by molar-refractivity contribution is 7.52. The van der Waals surface area contributed by atoms with E-state index < -0.39 is 7.60 Å². The van der Waals surface area contributed by atoms with Crippen molar-refractivity contribution in [2.45, 2.75) is 19.8 Å². The molecule has 0 saturated heterocycles.